The number of hydrogen-bond donors (Lipinski definition) is 0. The number of morpholine rings is 1. The van der Waals surface area contributed by atoms with Crippen LogP contribution in [-0.4, -0.2) is 43.8 Å². The number of benzene rings is 1. The van der Waals surface area contributed by atoms with Gasteiger partial charge in [0, 0.05) is 36.9 Å². The molecular weight excluding hydrogens is 328 g/mol. The Hall–Kier alpha value is -1.82. The standard InChI is InChI=1S/C18H21ClN2O3/c1-22-16-7-8-20-15(18(16)23-2)11-21-9-10-24-17(12-21)13-3-5-14(19)6-4-13/h3-8,17H,9-12H2,1-2H3. The summed E-state index contributed by atoms with van der Waals surface area (Å²) >= 11 is 5.96. The number of nitrogens with zero attached hydrogens (tertiary/aromatic N) is 2. The predicted molar refractivity (Wildman–Crippen MR) is 92.8 cm³/mol. The van der Waals surface area contributed by atoms with Crippen molar-refractivity contribution in [1.82, 2.24) is 9.88 Å². The summed E-state index contributed by atoms with van der Waals surface area (Å²) in [5.74, 6) is 1.39. The molecule has 1 fully saturated rings. The van der Waals surface area contributed by atoms with Crippen molar-refractivity contribution in [3.63, 3.8) is 0 Å². The molecule has 128 valence electrons. The third-order valence-corrected chi connectivity index (χ3v) is 4.38. The van der Waals surface area contributed by atoms with E-state index in [1.54, 1.807) is 26.5 Å². The van der Waals surface area contributed by atoms with Gasteiger partial charge in [-0.3, -0.25) is 9.88 Å². The third-order valence-electron chi connectivity index (χ3n) is 4.13. The van der Waals surface area contributed by atoms with Gasteiger partial charge in [-0.05, 0) is 17.7 Å². The first kappa shape index (κ1) is 17.0. The monoisotopic (exact) mass is 348 g/mol. The fraction of sp³-hybridized carbons (Fsp3) is 0.389. The topological polar surface area (TPSA) is 43.8 Å². The maximum Gasteiger partial charge on any atom is 0.183 e. The van der Waals surface area contributed by atoms with Crippen LogP contribution < -0.4 is 9.47 Å². The van der Waals surface area contributed by atoms with Crippen molar-refractivity contribution in [3.8, 4) is 11.5 Å². The molecule has 0 amide bonds. The van der Waals surface area contributed by atoms with Crippen molar-refractivity contribution in [1.29, 1.82) is 0 Å². The predicted octanol–water partition coefficient (Wildman–Crippen LogP) is 3.33. The fourth-order valence-corrected chi connectivity index (χ4v) is 3.03. The van der Waals surface area contributed by atoms with E-state index in [1.165, 1.54) is 0 Å². The molecule has 1 saturated heterocycles. The van der Waals surface area contributed by atoms with Crippen molar-refractivity contribution < 1.29 is 14.2 Å². The van der Waals surface area contributed by atoms with Crippen LogP contribution in [0.25, 0.3) is 0 Å². The summed E-state index contributed by atoms with van der Waals surface area (Å²) in [6.45, 7) is 3.02. The summed E-state index contributed by atoms with van der Waals surface area (Å²) in [5, 5.41) is 0.733. The molecule has 0 saturated carbocycles. The Bertz CT molecular complexity index is 678. The van der Waals surface area contributed by atoms with E-state index in [2.05, 4.69) is 9.88 Å². The Morgan fingerprint density at radius 3 is 2.71 bits per heavy atom. The van der Waals surface area contributed by atoms with Crippen LogP contribution in [0.5, 0.6) is 11.5 Å². The van der Waals surface area contributed by atoms with E-state index in [9.17, 15) is 0 Å². The minimum atomic E-state index is 0.0348. The largest absolute Gasteiger partial charge is 0.493 e. The van der Waals surface area contributed by atoms with Crippen molar-refractivity contribution in [3.05, 3.63) is 52.8 Å². The van der Waals surface area contributed by atoms with Gasteiger partial charge in [0.1, 0.15) is 5.69 Å². The first-order chi connectivity index (χ1) is 11.7. The zero-order valence-electron chi connectivity index (χ0n) is 13.9. The lowest BCUT2D eigenvalue weighted by Gasteiger charge is -2.33. The number of aromatic nitrogens is 1. The van der Waals surface area contributed by atoms with Crippen molar-refractivity contribution in [2.75, 3.05) is 33.9 Å². The van der Waals surface area contributed by atoms with Gasteiger partial charge in [0.15, 0.2) is 11.5 Å². The Morgan fingerprint density at radius 2 is 2.00 bits per heavy atom. The fourth-order valence-electron chi connectivity index (χ4n) is 2.90. The average Bonchev–Trinajstić information content (AvgIpc) is 2.62. The van der Waals surface area contributed by atoms with Crippen LogP contribution in [0.4, 0.5) is 0 Å². The Balaban J connectivity index is 1.73. The van der Waals surface area contributed by atoms with E-state index >= 15 is 0 Å². The molecule has 1 aliphatic heterocycles. The number of pyridine rings is 1. The van der Waals surface area contributed by atoms with Gasteiger partial charge in [-0.25, -0.2) is 0 Å². The minimum Gasteiger partial charge on any atom is -0.493 e. The molecule has 0 aliphatic carbocycles. The highest BCUT2D eigenvalue weighted by Gasteiger charge is 2.24. The van der Waals surface area contributed by atoms with E-state index in [1.807, 2.05) is 24.3 Å². The van der Waals surface area contributed by atoms with Crippen LogP contribution in [0, 0.1) is 0 Å². The molecule has 5 nitrogen and oxygen atoms in total. The lowest BCUT2D eigenvalue weighted by molar-refractivity contribution is -0.0334. The Morgan fingerprint density at radius 1 is 1.21 bits per heavy atom. The summed E-state index contributed by atoms with van der Waals surface area (Å²) in [6.07, 6.45) is 1.78. The normalized spacial score (nSPS) is 18.4. The number of methoxy groups -OCH3 is 2. The van der Waals surface area contributed by atoms with E-state index in [-0.39, 0.29) is 6.10 Å². The average molecular weight is 349 g/mol. The van der Waals surface area contributed by atoms with Crippen molar-refractivity contribution in [2.45, 2.75) is 12.6 Å². The minimum absolute atomic E-state index is 0.0348. The molecule has 1 aliphatic rings. The van der Waals surface area contributed by atoms with Crippen LogP contribution in [0.3, 0.4) is 0 Å². The molecule has 0 spiro atoms. The molecule has 1 aromatic carbocycles. The SMILES string of the molecule is COc1ccnc(CN2CCOC(c3ccc(Cl)cc3)C2)c1OC. The summed E-state index contributed by atoms with van der Waals surface area (Å²) in [4.78, 5) is 6.77. The highest BCUT2D eigenvalue weighted by atomic mass is 35.5. The maximum absolute atomic E-state index is 5.96. The molecule has 2 aromatic rings. The van der Waals surface area contributed by atoms with E-state index in [4.69, 9.17) is 25.8 Å². The van der Waals surface area contributed by atoms with E-state index in [0.29, 0.717) is 24.7 Å². The second-order valence-electron chi connectivity index (χ2n) is 5.64. The first-order valence-corrected chi connectivity index (χ1v) is 8.24. The van der Waals surface area contributed by atoms with Gasteiger partial charge in [-0.1, -0.05) is 23.7 Å². The maximum atomic E-state index is 5.96. The molecule has 2 heterocycles. The van der Waals surface area contributed by atoms with Crippen LogP contribution in [-0.2, 0) is 11.3 Å². The smallest absolute Gasteiger partial charge is 0.183 e. The van der Waals surface area contributed by atoms with Crippen LogP contribution >= 0.6 is 11.6 Å². The summed E-state index contributed by atoms with van der Waals surface area (Å²) in [5.41, 5.74) is 2.00. The number of halogens is 1. The van der Waals surface area contributed by atoms with Gasteiger partial charge in [0.25, 0.3) is 0 Å². The van der Waals surface area contributed by atoms with E-state index < -0.39 is 0 Å². The third kappa shape index (κ3) is 3.80. The number of hydrogen-bond acceptors (Lipinski definition) is 5. The van der Waals surface area contributed by atoms with Crippen LogP contribution in [0.2, 0.25) is 5.02 Å². The molecule has 1 unspecified atom stereocenters. The van der Waals surface area contributed by atoms with Gasteiger partial charge in [0.2, 0.25) is 0 Å². The molecule has 0 N–H and O–H groups in total. The van der Waals surface area contributed by atoms with Gasteiger partial charge >= 0.3 is 0 Å². The molecule has 1 atom stereocenters. The first-order valence-electron chi connectivity index (χ1n) is 7.86. The Kier molecular flexibility index (Phi) is 5.56. The van der Waals surface area contributed by atoms with Crippen LogP contribution in [0.15, 0.2) is 36.5 Å². The molecule has 1 aromatic heterocycles. The molecule has 24 heavy (non-hydrogen) atoms. The molecule has 0 radical (unpaired) electrons. The molecule has 6 heteroatoms. The van der Waals surface area contributed by atoms with Gasteiger partial charge in [-0.2, -0.15) is 0 Å². The molecule has 3 rings (SSSR count). The summed E-state index contributed by atoms with van der Waals surface area (Å²) < 4.78 is 16.7. The lowest BCUT2D eigenvalue weighted by atomic mass is 10.1. The zero-order chi connectivity index (χ0) is 16.9. The molecule has 0 bridgehead atoms. The van der Waals surface area contributed by atoms with E-state index in [0.717, 1.165) is 29.4 Å². The lowest BCUT2D eigenvalue weighted by Crippen LogP contribution is -2.38. The van der Waals surface area contributed by atoms with Crippen LogP contribution in [0.1, 0.15) is 17.4 Å². The second kappa shape index (κ2) is 7.83. The molecular formula is C18H21ClN2O3. The quantitative estimate of drug-likeness (QED) is 0.829. The van der Waals surface area contributed by atoms with Gasteiger partial charge in [-0.15, -0.1) is 0 Å². The number of ether oxygens (including phenoxy) is 3. The van der Waals surface area contributed by atoms with Gasteiger partial charge in [0.05, 0.1) is 26.9 Å². The Labute approximate surface area is 147 Å². The van der Waals surface area contributed by atoms with Crippen molar-refractivity contribution in [2.24, 2.45) is 0 Å². The van der Waals surface area contributed by atoms with Gasteiger partial charge < -0.3 is 14.2 Å². The summed E-state index contributed by atoms with van der Waals surface area (Å²) in [6, 6.07) is 9.62. The number of rotatable bonds is 5. The van der Waals surface area contributed by atoms with Crippen molar-refractivity contribution >= 4 is 11.6 Å². The summed E-state index contributed by atoms with van der Waals surface area (Å²) in [7, 11) is 3.27. The highest BCUT2D eigenvalue weighted by Crippen LogP contribution is 2.31. The zero-order valence-corrected chi connectivity index (χ0v) is 14.6. The highest BCUT2D eigenvalue weighted by molar-refractivity contribution is 6.30. The second-order valence-corrected chi connectivity index (χ2v) is 6.08.